The summed E-state index contributed by atoms with van der Waals surface area (Å²) in [5.74, 6) is 1.79. The van der Waals surface area contributed by atoms with E-state index in [1.165, 1.54) is 0 Å². The lowest BCUT2D eigenvalue weighted by atomic mass is 10.2. The van der Waals surface area contributed by atoms with Gasteiger partial charge in [0, 0.05) is 39.3 Å². The van der Waals surface area contributed by atoms with Crippen LogP contribution in [0.1, 0.15) is 13.8 Å². The van der Waals surface area contributed by atoms with Crippen LogP contribution in [0, 0.1) is 0 Å². The number of hydrogen-bond donors (Lipinski definition) is 1. The number of nitrogens with one attached hydrogen (secondary N) is 1. The maximum absolute atomic E-state index is 5.76. The van der Waals surface area contributed by atoms with Crippen molar-refractivity contribution < 1.29 is 9.47 Å². The van der Waals surface area contributed by atoms with Crippen molar-refractivity contribution in [2.24, 2.45) is 4.99 Å². The van der Waals surface area contributed by atoms with Gasteiger partial charge in [0.15, 0.2) is 5.96 Å². The number of rotatable bonds is 7. The minimum atomic E-state index is 0. The molecule has 26 heavy (non-hydrogen) atoms. The average molecular weight is 476 g/mol. The molecule has 0 aliphatic carbocycles. The number of ether oxygens (including phenoxy) is 2. The van der Waals surface area contributed by atoms with Crippen molar-refractivity contribution in [2.75, 3.05) is 53.6 Å². The largest absolute Gasteiger partial charge is 0.492 e. The van der Waals surface area contributed by atoms with Crippen LogP contribution in [0.5, 0.6) is 5.75 Å². The number of benzene rings is 1. The Morgan fingerprint density at radius 3 is 2.81 bits per heavy atom. The molecule has 1 aromatic rings. The van der Waals surface area contributed by atoms with E-state index in [1.54, 1.807) is 0 Å². The van der Waals surface area contributed by atoms with Gasteiger partial charge in [0.1, 0.15) is 12.4 Å². The van der Waals surface area contributed by atoms with Crippen LogP contribution in [0.25, 0.3) is 0 Å². The standard InChI is InChI=1S/C19H32N4O2.HI/c1-16(23-11-12-24-15-17(23)2)14-21-19(20-3)22(4)10-13-25-18-8-6-5-7-9-18;/h5-9,16-17H,10-15H2,1-4H3,(H,20,21);1H. The SMILES string of the molecule is CN=C(NCC(C)N1CCOCC1C)N(C)CCOc1ccccc1.I. The summed E-state index contributed by atoms with van der Waals surface area (Å²) in [5, 5.41) is 3.47. The van der Waals surface area contributed by atoms with E-state index in [0.29, 0.717) is 18.7 Å². The highest BCUT2D eigenvalue weighted by Gasteiger charge is 2.23. The van der Waals surface area contributed by atoms with Crippen molar-refractivity contribution in [1.82, 2.24) is 15.1 Å². The van der Waals surface area contributed by atoms with Crippen LogP contribution in [0.15, 0.2) is 35.3 Å². The molecular weight excluding hydrogens is 443 g/mol. The molecule has 1 aliphatic rings. The smallest absolute Gasteiger partial charge is 0.193 e. The van der Waals surface area contributed by atoms with E-state index >= 15 is 0 Å². The number of nitrogens with zero attached hydrogens (tertiary/aromatic N) is 3. The molecule has 1 aliphatic heterocycles. The molecule has 7 heteroatoms. The van der Waals surface area contributed by atoms with Crippen LogP contribution in [0.2, 0.25) is 0 Å². The maximum Gasteiger partial charge on any atom is 0.193 e. The number of likely N-dealkylation sites (N-methyl/N-ethyl adjacent to an activating group) is 1. The fourth-order valence-electron chi connectivity index (χ4n) is 3.06. The first-order chi connectivity index (χ1) is 12.1. The third kappa shape index (κ3) is 7.28. The van der Waals surface area contributed by atoms with Gasteiger partial charge in [-0.15, -0.1) is 24.0 Å². The van der Waals surface area contributed by atoms with E-state index in [1.807, 2.05) is 44.4 Å². The lowest BCUT2D eigenvalue weighted by Crippen LogP contribution is -2.53. The Morgan fingerprint density at radius 2 is 2.15 bits per heavy atom. The zero-order chi connectivity index (χ0) is 18.1. The molecule has 0 saturated carbocycles. The highest BCUT2D eigenvalue weighted by atomic mass is 127. The fourth-order valence-corrected chi connectivity index (χ4v) is 3.06. The van der Waals surface area contributed by atoms with Gasteiger partial charge < -0.3 is 19.7 Å². The van der Waals surface area contributed by atoms with E-state index in [0.717, 1.165) is 44.6 Å². The Hall–Kier alpha value is -1.06. The summed E-state index contributed by atoms with van der Waals surface area (Å²) in [5.41, 5.74) is 0. The van der Waals surface area contributed by atoms with Crippen molar-refractivity contribution in [1.29, 1.82) is 0 Å². The van der Waals surface area contributed by atoms with Gasteiger partial charge >= 0.3 is 0 Å². The zero-order valence-electron chi connectivity index (χ0n) is 16.4. The molecule has 6 nitrogen and oxygen atoms in total. The predicted molar refractivity (Wildman–Crippen MR) is 118 cm³/mol. The Bertz CT molecular complexity index is 530. The first-order valence-corrected chi connectivity index (χ1v) is 9.05. The van der Waals surface area contributed by atoms with Crippen LogP contribution in [0.4, 0.5) is 0 Å². The molecule has 0 aromatic heterocycles. The lowest BCUT2D eigenvalue weighted by molar-refractivity contribution is -0.0175. The molecule has 2 rings (SSSR count). The van der Waals surface area contributed by atoms with E-state index in [-0.39, 0.29) is 24.0 Å². The highest BCUT2D eigenvalue weighted by molar-refractivity contribution is 14.0. The lowest BCUT2D eigenvalue weighted by Gasteiger charge is -2.38. The summed E-state index contributed by atoms with van der Waals surface area (Å²) in [6, 6.07) is 10.8. The minimum absolute atomic E-state index is 0. The van der Waals surface area contributed by atoms with Crippen LogP contribution < -0.4 is 10.1 Å². The number of para-hydroxylation sites is 1. The molecule has 0 bridgehead atoms. The molecule has 2 unspecified atom stereocenters. The fraction of sp³-hybridized carbons (Fsp3) is 0.632. The highest BCUT2D eigenvalue weighted by Crippen LogP contribution is 2.10. The summed E-state index contributed by atoms with van der Waals surface area (Å²) in [4.78, 5) is 8.97. The van der Waals surface area contributed by atoms with Crippen LogP contribution in [-0.2, 0) is 4.74 Å². The Labute approximate surface area is 175 Å². The molecule has 1 heterocycles. The number of halogens is 1. The molecular formula is C19H33IN4O2. The summed E-state index contributed by atoms with van der Waals surface area (Å²) < 4.78 is 11.3. The monoisotopic (exact) mass is 476 g/mol. The second kappa shape index (κ2) is 12.3. The first-order valence-electron chi connectivity index (χ1n) is 9.05. The van der Waals surface area contributed by atoms with Gasteiger partial charge in [0.25, 0.3) is 0 Å². The molecule has 1 fully saturated rings. The van der Waals surface area contributed by atoms with Crippen LogP contribution in [0.3, 0.4) is 0 Å². The van der Waals surface area contributed by atoms with Crippen molar-refractivity contribution in [3.63, 3.8) is 0 Å². The topological polar surface area (TPSA) is 49.3 Å². The van der Waals surface area contributed by atoms with Crippen molar-refractivity contribution >= 4 is 29.9 Å². The summed E-state index contributed by atoms with van der Waals surface area (Å²) in [6.07, 6.45) is 0. The van der Waals surface area contributed by atoms with Gasteiger partial charge in [-0.1, -0.05) is 18.2 Å². The number of morpholine rings is 1. The van der Waals surface area contributed by atoms with Gasteiger partial charge in [0.05, 0.1) is 19.8 Å². The summed E-state index contributed by atoms with van der Waals surface area (Å²) in [7, 11) is 3.85. The third-order valence-electron chi connectivity index (χ3n) is 4.55. The zero-order valence-corrected chi connectivity index (χ0v) is 18.7. The molecule has 1 aromatic carbocycles. The number of aliphatic imine (C=N–C) groups is 1. The summed E-state index contributed by atoms with van der Waals surface area (Å²) in [6.45, 7) is 9.35. The van der Waals surface area contributed by atoms with Gasteiger partial charge in [-0.25, -0.2) is 0 Å². The van der Waals surface area contributed by atoms with E-state index in [4.69, 9.17) is 9.47 Å². The maximum atomic E-state index is 5.76. The van der Waals surface area contributed by atoms with Crippen LogP contribution in [-0.4, -0.2) is 81.4 Å². The van der Waals surface area contributed by atoms with Crippen molar-refractivity contribution in [3.05, 3.63) is 30.3 Å². The Balaban J connectivity index is 0.00000338. The molecule has 148 valence electrons. The van der Waals surface area contributed by atoms with E-state index < -0.39 is 0 Å². The quantitative estimate of drug-likeness (QED) is 0.372. The van der Waals surface area contributed by atoms with Crippen LogP contribution >= 0.6 is 24.0 Å². The molecule has 0 spiro atoms. The van der Waals surface area contributed by atoms with Crippen molar-refractivity contribution in [2.45, 2.75) is 25.9 Å². The predicted octanol–water partition coefficient (Wildman–Crippen LogP) is 2.30. The second-order valence-corrected chi connectivity index (χ2v) is 6.52. The second-order valence-electron chi connectivity index (χ2n) is 6.52. The number of guanidine groups is 1. The average Bonchev–Trinajstić information content (AvgIpc) is 2.63. The minimum Gasteiger partial charge on any atom is -0.492 e. The van der Waals surface area contributed by atoms with Gasteiger partial charge in [-0.3, -0.25) is 9.89 Å². The normalized spacial score (nSPS) is 19.4. The number of hydrogen-bond acceptors (Lipinski definition) is 4. The third-order valence-corrected chi connectivity index (χ3v) is 4.55. The van der Waals surface area contributed by atoms with Gasteiger partial charge in [-0.2, -0.15) is 0 Å². The molecule has 1 N–H and O–H groups in total. The molecule has 1 saturated heterocycles. The molecule has 0 amide bonds. The van der Waals surface area contributed by atoms with E-state index in [9.17, 15) is 0 Å². The molecule has 0 radical (unpaired) electrons. The van der Waals surface area contributed by atoms with Gasteiger partial charge in [-0.05, 0) is 26.0 Å². The van der Waals surface area contributed by atoms with Gasteiger partial charge in [0.2, 0.25) is 0 Å². The first kappa shape index (κ1) is 23.0. The Kier molecular flexibility index (Phi) is 10.9. The van der Waals surface area contributed by atoms with E-state index in [2.05, 4.69) is 34.0 Å². The molecule has 2 atom stereocenters. The van der Waals surface area contributed by atoms with Crippen molar-refractivity contribution in [3.8, 4) is 5.75 Å². The summed E-state index contributed by atoms with van der Waals surface area (Å²) >= 11 is 0. The Morgan fingerprint density at radius 1 is 1.42 bits per heavy atom.